The summed E-state index contributed by atoms with van der Waals surface area (Å²) in [4.78, 5) is 22.4. The molecule has 28 heavy (non-hydrogen) atoms. The summed E-state index contributed by atoms with van der Waals surface area (Å²) in [7, 11) is 0. The molecule has 0 saturated carbocycles. The van der Waals surface area contributed by atoms with Gasteiger partial charge < -0.3 is 15.1 Å². The lowest BCUT2D eigenvalue weighted by molar-refractivity contribution is -0.139. The quantitative estimate of drug-likeness (QED) is 0.850. The summed E-state index contributed by atoms with van der Waals surface area (Å²) in [5.41, 5.74) is 3.39. The van der Waals surface area contributed by atoms with Crippen molar-refractivity contribution in [2.75, 3.05) is 44.2 Å². The first-order valence-corrected chi connectivity index (χ1v) is 10.7. The Morgan fingerprint density at radius 3 is 2.64 bits per heavy atom. The molecule has 0 aliphatic carbocycles. The molecule has 3 aliphatic heterocycles. The number of nitrogens with zero attached hydrogens (tertiary/aromatic N) is 5. The van der Waals surface area contributed by atoms with Gasteiger partial charge in [0.05, 0.1) is 17.8 Å². The summed E-state index contributed by atoms with van der Waals surface area (Å²) >= 11 is 0. The van der Waals surface area contributed by atoms with Gasteiger partial charge in [0.15, 0.2) is 5.65 Å². The zero-order chi connectivity index (χ0) is 19.3. The number of carbonyl (C=O) groups is 1. The van der Waals surface area contributed by atoms with E-state index in [0.717, 1.165) is 63.6 Å². The van der Waals surface area contributed by atoms with E-state index in [2.05, 4.69) is 34.1 Å². The van der Waals surface area contributed by atoms with Gasteiger partial charge in [0.2, 0.25) is 5.91 Å². The van der Waals surface area contributed by atoms with Crippen molar-refractivity contribution in [2.45, 2.75) is 33.1 Å². The Hall–Kier alpha value is -2.15. The molecule has 2 aromatic heterocycles. The first-order valence-electron chi connectivity index (χ1n) is 10.7. The average Bonchev–Trinajstić information content (AvgIpc) is 2.95. The highest BCUT2D eigenvalue weighted by Gasteiger charge is 2.39. The highest BCUT2D eigenvalue weighted by Crippen LogP contribution is 2.33. The second-order valence-electron chi connectivity index (χ2n) is 9.00. The van der Waals surface area contributed by atoms with Crippen LogP contribution in [-0.2, 0) is 17.6 Å². The average molecular weight is 383 g/mol. The predicted octanol–water partition coefficient (Wildman–Crippen LogP) is 1.36. The van der Waals surface area contributed by atoms with Crippen LogP contribution in [0.15, 0.2) is 12.3 Å². The molecular weight excluding hydrogens is 352 g/mol. The molecule has 0 radical (unpaired) electrons. The fourth-order valence-corrected chi connectivity index (χ4v) is 5.25. The minimum Gasteiger partial charge on any atom is -0.354 e. The monoisotopic (exact) mass is 382 g/mol. The van der Waals surface area contributed by atoms with Gasteiger partial charge in [-0.25, -0.2) is 4.98 Å². The summed E-state index contributed by atoms with van der Waals surface area (Å²) in [6.07, 6.45) is 4.96. The highest BCUT2D eigenvalue weighted by atomic mass is 16.2. The third-order valence-corrected chi connectivity index (χ3v) is 6.49. The number of fused-ring (bicyclic) bond motifs is 2. The summed E-state index contributed by atoms with van der Waals surface area (Å²) in [6, 6.07) is 1.97. The molecule has 0 bridgehead atoms. The van der Waals surface area contributed by atoms with E-state index in [1.54, 1.807) is 0 Å². The third-order valence-electron chi connectivity index (χ3n) is 6.49. The van der Waals surface area contributed by atoms with Crippen LogP contribution < -0.4 is 10.2 Å². The largest absolute Gasteiger partial charge is 0.354 e. The van der Waals surface area contributed by atoms with Crippen LogP contribution >= 0.6 is 0 Å². The van der Waals surface area contributed by atoms with E-state index in [9.17, 15) is 4.79 Å². The maximum atomic E-state index is 13.1. The Kier molecular flexibility index (Phi) is 4.50. The molecule has 2 aromatic rings. The zero-order valence-corrected chi connectivity index (χ0v) is 16.9. The minimum atomic E-state index is 0.107. The molecule has 7 heteroatoms. The zero-order valence-electron chi connectivity index (χ0n) is 16.9. The van der Waals surface area contributed by atoms with Crippen molar-refractivity contribution in [3.8, 4) is 0 Å². The fraction of sp³-hybridized carbons (Fsp3) is 0.667. The molecule has 2 saturated heterocycles. The van der Waals surface area contributed by atoms with Crippen LogP contribution in [0.5, 0.6) is 0 Å². The van der Waals surface area contributed by atoms with Crippen molar-refractivity contribution < 1.29 is 4.79 Å². The summed E-state index contributed by atoms with van der Waals surface area (Å²) in [5.74, 6) is 2.81. The highest BCUT2D eigenvalue weighted by molar-refractivity contribution is 5.82. The second kappa shape index (κ2) is 7.03. The molecule has 0 aromatic carbocycles. The Labute approximate surface area is 166 Å². The lowest BCUT2D eigenvalue weighted by Gasteiger charge is -2.44. The Morgan fingerprint density at radius 2 is 1.86 bits per heavy atom. The number of likely N-dealkylation sites (tertiary alicyclic amines) is 1. The lowest BCUT2D eigenvalue weighted by Crippen LogP contribution is -2.57. The first-order chi connectivity index (χ1) is 13.6. The molecule has 2 atom stereocenters. The third kappa shape index (κ3) is 3.05. The van der Waals surface area contributed by atoms with E-state index in [-0.39, 0.29) is 5.92 Å². The number of anilines is 1. The van der Waals surface area contributed by atoms with Gasteiger partial charge in [0.1, 0.15) is 5.82 Å². The van der Waals surface area contributed by atoms with Gasteiger partial charge in [-0.15, -0.1) is 0 Å². The van der Waals surface area contributed by atoms with Crippen molar-refractivity contribution in [1.29, 1.82) is 0 Å². The van der Waals surface area contributed by atoms with Crippen LogP contribution in [0, 0.1) is 17.8 Å². The SMILES string of the molecule is CC1CC(C)CN(C(=O)C2CN(c3c4c(nc5ccnn35)CCNCC4)C2)C1. The molecule has 150 valence electrons. The summed E-state index contributed by atoms with van der Waals surface area (Å²) in [6.45, 7) is 9.87. The number of rotatable bonds is 2. The van der Waals surface area contributed by atoms with Crippen molar-refractivity contribution in [3.63, 3.8) is 0 Å². The Bertz CT molecular complexity index is 876. The standard InChI is InChI=1S/C21H30N6O/c1-14-9-15(2)11-26(10-14)21(28)16-12-25(13-16)20-17-3-6-22-7-4-18(17)24-19-5-8-23-27(19)20/h5,8,14-16,22H,3-4,6-7,9-13H2,1-2H3. The molecule has 7 nitrogen and oxygen atoms in total. The van der Waals surface area contributed by atoms with E-state index in [0.29, 0.717) is 17.7 Å². The molecular formula is C21H30N6O. The first kappa shape index (κ1) is 17.9. The topological polar surface area (TPSA) is 65.8 Å². The fourth-order valence-electron chi connectivity index (χ4n) is 5.25. The number of amides is 1. The van der Waals surface area contributed by atoms with Gasteiger partial charge in [-0.3, -0.25) is 4.79 Å². The number of hydrogen-bond acceptors (Lipinski definition) is 5. The number of piperidine rings is 1. The van der Waals surface area contributed by atoms with Crippen LogP contribution in [-0.4, -0.2) is 64.7 Å². The summed E-state index contributed by atoms with van der Waals surface area (Å²) in [5, 5.41) is 8.01. The van der Waals surface area contributed by atoms with Gasteiger partial charge in [0.25, 0.3) is 0 Å². The van der Waals surface area contributed by atoms with Crippen molar-refractivity contribution >= 4 is 17.4 Å². The Morgan fingerprint density at radius 1 is 1.11 bits per heavy atom. The minimum absolute atomic E-state index is 0.107. The van der Waals surface area contributed by atoms with Gasteiger partial charge in [0, 0.05) is 50.8 Å². The van der Waals surface area contributed by atoms with Crippen LogP contribution in [0.1, 0.15) is 31.5 Å². The van der Waals surface area contributed by atoms with Crippen LogP contribution in [0.3, 0.4) is 0 Å². The molecule has 1 amide bonds. The Balaban J connectivity index is 1.37. The lowest BCUT2D eigenvalue weighted by atomic mass is 9.89. The van der Waals surface area contributed by atoms with E-state index < -0.39 is 0 Å². The second-order valence-corrected chi connectivity index (χ2v) is 9.00. The van der Waals surface area contributed by atoms with E-state index >= 15 is 0 Å². The normalized spacial score (nSPS) is 26.1. The van der Waals surface area contributed by atoms with Crippen molar-refractivity contribution in [2.24, 2.45) is 17.8 Å². The number of nitrogens with one attached hydrogen (secondary N) is 1. The van der Waals surface area contributed by atoms with Crippen LogP contribution in [0.4, 0.5) is 5.82 Å². The molecule has 5 heterocycles. The van der Waals surface area contributed by atoms with Gasteiger partial charge in [-0.2, -0.15) is 9.61 Å². The molecule has 0 spiro atoms. The van der Waals surface area contributed by atoms with Gasteiger partial charge >= 0.3 is 0 Å². The van der Waals surface area contributed by atoms with E-state index in [1.165, 1.54) is 17.7 Å². The van der Waals surface area contributed by atoms with E-state index in [1.807, 2.05) is 16.8 Å². The number of hydrogen-bond donors (Lipinski definition) is 1. The molecule has 1 N–H and O–H groups in total. The van der Waals surface area contributed by atoms with E-state index in [4.69, 9.17) is 4.98 Å². The van der Waals surface area contributed by atoms with Crippen molar-refractivity contribution in [1.82, 2.24) is 24.8 Å². The predicted molar refractivity (Wildman–Crippen MR) is 108 cm³/mol. The maximum Gasteiger partial charge on any atom is 0.229 e. The number of carbonyl (C=O) groups excluding carboxylic acids is 1. The van der Waals surface area contributed by atoms with Crippen molar-refractivity contribution in [3.05, 3.63) is 23.5 Å². The van der Waals surface area contributed by atoms with Gasteiger partial charge in [-0.05, 0) is 31.2 Å². The molecule has 2 fully saturated rings. The number of aromatic nitrogens is 3. The van der Waals surface area contributed by atoms with Crippen LogP contribution in [0.25, 0.3) is 5.65 Å². The summed E-state index contributed by atoms with van der Waals surface area (Å²) < 4.78 is 1.97. The smallest absolute Gasteiger partial charge is 0.229 e. The molecule has 3 aliphatic rings. The maximum absolute atomic E-state index is 13.1. The molecule has 2 unspecified atom stereocenters. The van der Waals surface area contributed by atoms with Crippen LogP contribution in [0.2, 0.25) is 0 Å². The van der Waals surface area contributed by atoms with Gasteiger partial charge in [-0.1, -0.05) is 13.8 Å². The molecule has 5 rings (SSSR count).